The number of phenols is 2. The summed E-state index contributed by atoms with van der Waals surface area (Å²) in [5, 5.41) is 43.3. The minimum absolute atomic E-state index is 0.00379. The van der Waals surface area contributed by atoms with Crippen LogP contribution in [-0.4, -0.2) is 76.6 Å². The molecule has 62 heavy (non-hydrogen) atoms. The topological polar surface area (TPSA) is 288 Å². The Morgan fingerprint density at radius 2 is 1.23 bits per heavy atom. The molecule has 316 valence electrons. The molecule has 0 aliphatic rings. The fourth-order valence-electron chi connectivity index (χ4n) is 5.97. The maximum atomic E-state index is 13.1. The van der Waals surface area contributed by atoms with Crippen LogP contribution in [0.3, 0.4) is 0 Å². The summed E-state index contributed by atoms with van der Waals surface area (Å²) in [6, 6.07) is 21.5. The summed E-state index contributed by atoms with van der Waals surface area (Å²) < 4.78 is 15.4. The van der Waals surface area contributed by atoms with Crippen LogP contribution in [0.5, 0.6) is 23.0 Å². The molecule has 0 aliphatic heterocycles. The molecule has 0 spiro atoms. The van der Waals surface area contributed by atoms with Crippen LogP contribution < -0.4 is 41.8 Å². The molecule has 0 atom stereocenters. The van der Waals surface area contributed by atoms with E-state index in [2.05, 4.69) is 31.6 Å². The number of aromatic amines is 1. The van der Waals surface area contributed by atoms with E-state index >= 15 is 0 Å². The molecule has 9 N–H and O–H groups in total. The molecule has 0 bridgehead atoms. The van der Waals surface area contributed by atoms with Gasteiger partial charge in [0.25, 0.3) is 23.6 Å². The van der Waals surface area contributed by atoms with Crippen LogP contribution in [0.25, 0.3) is 17.2 Å². The summed E-state index contributed by atoms with van der Waals surface area (Å²) in [5.41, 5.74) is 2.20. The van der Waals surface area contributed by atoms with Crippen LogP contribution in [0.1, 0.15) is 53.9 Å². The molecule has 5 amide bonds. The molecule has 0 aliphatic carbocycles. The highest BCUT2D eigenvalue weighted by Gasteiger charge is 2.24. The third-order valence-electron chi connectivity index (χ3n) is 9.07. The summed E-state index contributed by atoms with van der Waals surface area (Å²) in [5.74, 6) is -6.94. The van der Waals surface area contributed by atoms with Crippen molar-refractivity contribution in [2.45, 2.75) is 6.92 Å². The number of oxazole rings is 1. The van der Waals surface area contributed by atoms with E-state index in [0.29, 0.717) is 33.6 Å². The smallest absolute Gasteiger partial charge is 0.417 e. The highest BCUT2D eigenvalue weighted by molar-refractivity contribution is 6.11. The summed E-state index contributed by atoms with van der Waals surface area (Å²) in [7, 11) is 2.37. The number of methoxy groups -OCH3 is 2. The average Bonchev–Trinajstić information content (AvgIpc) is 3.62. The van der Waals surface area contributed by atoms with Gasteiger partial charge in [-0.3, -0.25) is 29.0 Å². The van der Waals surface area contributed by atoms with Crippen LogP contribution >= 0.6 is 0 Å². The number of carbonyl (C=O) groups is 6. The van der Waals surface area contributed by atoms with E-state index in [0.717, 1.165) is 13.2 Å². The predicted molar refractivity (Wildman–Crippen MR) is 225 cm³/mol. The van der Waals surface area contributed by atoms with Gasteiger partial charge in [-0.1, -0.05) is 6.07 Å². The maximum absolute atomic E-state index is 13.1. The number of carbonyl (C=O) groups excluding carboxylic acids is 5. The standard InChI is InChI=1S/C43H36N6O13/c1-21(18-22-4-15-29-32(19-22)62-43(59)49-29)38(53)46-26-11-5-23(6-12-26)39(54)44-20-33(50)45-25-9-7-24(8-10-25)40(55)47-30-16-13-27(34(51)36(30)60-2)41(56)48-31-17-14-28(42(57)58)35(52)37(31)61-3/h4-19,51-52H,20H2,1-3H3,(H,44,54)(H,45,50)(H,46,53)(H,47,55)(H,48,56)(H,49,59)(H,57,58)/b21-18+. The zero-order valence-corrected chi connectivity index (χ0v) is 32.9. The number of fused-ring (bicyclic) bond motifs is 1. The Morgan fingerprint density at radius 1 is 0.677 bits per heavy atom. The number of phenolic OH excluding ortho intramolecular Hbond substituents is 1. The van der Waals surface area contributed by atoms with Crippen molar-refractivity contribution in [3.63, 3.8) is 0 Å². The van der Waals surface area contributed by atoms with Gasteiger partial charge in [0, 0.05) is 28.1 Å². The van der Waals surface area contributed by atoms with E-state index in [1.54, 1.807) is 31.2 Å². The molecule has 1 aromatic heterocycles. The fourth-order valence-corrected chi connectivity index (χ4v) is 5.97. The van der Waals surface area contributed by atoms with Crippen molar-refractivity contribution in [1.29, 1.82) is 0 Å². The second-order valence-corrected chi connectivity index (χ2v) is 13.2. The number of nitrogens with one attached hydrogen (secondary N) is 6. The number of aromatic nitrogens is 1. The van der Waals surface area contributed by atoms with Gasteiger partial charge in [-0.25, -0.2) is 9.59 Å². The zero-order valence-electron chi connectivity index (χ0n) is 32.9. The van der Waals surface area contributed by atoms with E-state index < -0.39 is 58.3 Å². The number of benzene rings is 5. The van der Waals surface area contributed by atoms with Gasteiger partial charge in [-0.15, -0.1) is 0 Å². The number of carboxylic acid groups (broad SMARTS) is 1. The predicted octanol–water partition coefficient (Wildman–Crippen LogP) is 5.16. The number of amides is 5. The van der Waals surface area contributed by atoms with Gasteiger partial charge in [-0.2, -0.15) is 0 Å². The lowest BCUT2D eigenvalue weighted by Crippen LogP contribution is -2.32. The summed E-state index contributed by atoms with van der Waals surface area (Å²) in [6.45, 7) is 1.24. The van der Waals surface area contributed by atoms with Gasteiger partial charge in [0.15, 0.2) is 28.6 Å². The van der Waals surface area contributed by atoms with Crippen molar-refractivity contribution < 1.29 is 58.0 Å². The Balaban J connectivity index is 0.989. The number of aromatic hydroxyl groups is 2. The Hall–Kier alpha value is -8.87. The monoisotopic (exact) mass is 844 g/mol. The lowest BCUT2D eigenvalue weighted by atomic mass is 10.1. The molecule has 6 aromatic rings. The SMILES string of the molecule is COc1c(NC(=O)c2ccc(NC(=O)c3ccc(NC(=O)CNC(=O)c4ccc(NC(=O)/C(C)=C/c5ccc6[nH]c(=O)oc6c5)cc4)cc3)c(OC)c2O)ccc(C(=O)O)c1O. The fraction of sp³-hybridized carbons (Fsp3) is 0.0930. The number of carboxylic acids is 1. The van der Waals surface area contributed by atoms with Gasteiger partial charge in [-0.05, 0) is 103 Å². The lowest BCUT2D eigenvalue weighted by molar-refractivity contribution is -0.115. The van der Waals surface area contributed by atoms with Gasteiger partial charge in [0.1, 0.15) is 5.56 Å². The first-order valence-electron chi connectivity index (χ1n) is 18.2. The van der Waals surface area contributed by atoms with Crippen molar-refractivity contribution in [1.82, 2.24) is 10.3 Å². The molecule has 0 saturated heterocycles. The van der Waals surface area contributed by atoms with Crippen molar-refractivity contribution in [2.75, 3.05) is 42.0 Å². The molecule has 0 radical (unpaired) electrons. The molecule has 0 fully saturated rings. The van der Waals surface area contributed by atoms with Crippen LogP contribution in [0.4, 0.5) is 22.7 Å². The second-order valence-electron chi connectivity index (χ2n) is 13.2. The summed E-state index contributed by atoms with van der Waals surface area (Å²) >= 11 is 0. The number of hydrogen-bond donors (Lipinski definition) is 9. The highest BCUT2D eigenvalue weighted by Crippen LogP contribution is 2.40. The molecule has 19 nitrogen and oxygen atoms in total. The van der Waals surface area contributed by atoms with E-state index in [9.17, 15) is 48.9 Å². The normalized spacial score (nSPS) is 11.0. The van der Waals surface area contributed by atoms with E-state index in [1.807, 2.05) is 0 Å². The number of rotatable bonds is 14. The largest absolute Gasteiger partial charge is 0.504 e. The van der Waals surface area contributed by atoms with Crippen LogP contribution in [0.2, 0.25) is 0 Å². The highest BCUT2D eigenvalue weighted by atomic mass is 16.5. The lowest BCUT2D eigenvalue weighted by Gasteiger charge is -2.16. The quantitative estimate of drug-likeness (QED) is 0.0641. The van der Waals surface area contributed by atoms with Crippen LogP contribution in [0, 0.1) is 0 Å². The summed E-state index contributed by atoms with van der Waals surface area (Å²) in [6.07, 6.45) is 1.63. The Kier molecular flexibility index (Phi) is 12.7. The van der Waals surface area contributed by atoms with Gasteiger partial charge >= 0.3 is 11.7 Å². The van der Waals surface area contributed by atoms with E-state index in [1.165, 1.54) is 73.8 Å². The average molecular weight is 845 g/mol. The second kappa shape index (κ2) is 18.4. The first kappa shape index (κ1) is 42.7. The first-order valence-corrected chi connectivity index (χ1v) is 18.2. The Bertz CT molecular complexity index is 2840. The van der Waals surface area contributed by atoms with Crippen molar-refractivity contribution in [3.8, 4) is 23.0 Å². The van der Waals surface area contributed by atoms with Crippen molar-refractivity contribution in [3.05, 3.63) is 135 Å². The number of ether oxygens (including phenoxy) is 2. The number of H-pyrrole nitrogens is 1. The number of hydrogen-bond acceptors (Lipinski definition) is 12. The van der Waals surface area contributed by atoms with Crippen molar-refractivity contribution in [2.24, 2.45) is 0 Å². The van der Waals surface area contributed by atoms with Gasteiger partial charge in [0.05, 0.1) is 43.2 Å². The molecule has 5 aromatic carbocycles. The maximum Gasteiger partial charge on any atom is 0.417 e. The Morgan fingerprint density at radius 3 is 1.82 bits per heavy atom. The molecular formula is C43H36N6O13. The summed E-state index contributed by atoms with van der Waals surface area (Å²) in [4.78, 5) is 89.6. The number of aromatic carboxylic acids is 1. The first-order chi connectivity index (χ1) is 29.6. The molecular weight excluding hydrogens is 809 g/mol. The van der Waals surface area contributed by atoms with Crippen molar-refractivity contribution >= 4 is 75.4 Å². The van der Waals surface area contributed by atoms with E-state index in [-0.39, 0.29) is 46.1 Å². The zero-order chi connectivity index (χ0) is 44.7. The third kappa shape index (κ3) is 9.69. The van der Waals surface area contributed by atoms with Crippen LogP contribution in [-0.2, 0) is 9.59 Å². The molecule has 19 heteroatoms. The van der Waals surface area contributed by atoms with E-state index in [4.69, 9.17) is 13.9 Å². The minimum atomic E-state index is -1.42. The molecule has 0 unspecified atom stereocenters. The Labute approximate surface area is 350 Å². The minimum Gasteiger partial charge on any atom is -0.504 e. The molecule has 0 saturated carbocycles. The number of anilines is 4. The third-order valence-corrected chi connectivity index (χ3v) is 9.07. The van der Waals surface area contributed by atoms with Crippen LogP contribution in [0.15, 0.2) is 106 Å². The van der Waals surface area contributed by atoms with Gasteiger partial charge in [0.2, 0.25) is 5.91 Å². The molecule has 6 rings (SSSR count). The molecule has 1 heterocycles. The van der Waals surface area contributed by atoms with Gasteiger partial charge < -0.3 is 55.8 Å².